The van der Waals surface area contributed by atoms with Crippen LogP contribution in [0, 0.1) is 5.82 Å². The van der Waals surface area contributed by atoms with E-state index < -0.39 is 17.4 Å². The Balaban J connectivity index is 1.28. The third-order valence-corrected chi connectivity index (χ3v) is 7.16. The predicted octanol–water partition coefficient (Wildman–Crippen LogP) is 3.61. The van der Waals surface area contributed by atoms with Crippen molar-refractivity contribution in [1.82, 2.24) is 10.2 Å². The molecule has 2 heterocycles. The van der Waals surface area contributed by atoms with Crippen LogP contribution in [0.4, 0.5) is 20.6 Å². The van der Waals surface area contributed by atoms with Crippen LogP contribution in [-0.2, 0) is 16.0 Å². The third-order valence-electron chi connectivity index (χ3n) is 7.16. The molecular weight excluding hydrogens is 451 g/mol. The second-order valence-corrected chi connectivity index (χ2v) is 9.34. The number of nitrogens with zero attached hydrogens (tertiary/aromatic N) is 2. The van der Waals surface area contributed by atoms with Gasteiger partial charge in [0.2, 0.25) is 5.91 Å². The lowest BCUT2D eigenvalue weighted by Crippen LogP contribution is -2.44. The summed E-state index contributed by atoms with van der Waals surface area (Å²) in [6.45, 7) is 0.559. The van der Waals surface area contributed by atoms with Crippen molar-refractivity contribution in [3.05, 3.63) is 59.4 Å². The van der Waals surface area contributed by atoms with Crippen molar-refractivity contribution in [3.63, 3.8) is 0 Å². The Hall–Kier alpha value is -3.75. The number of imide groups is 1. The Kier molecular flexibility index (Phi) is 6.00. The van der Waals surface area contributed by atoms with E-state index in [1.807, 2.05) is 6.07 Å². The lowest BCUT2D eigenvalue weighted by Gasteiger charge is -2.31. The summed E-state index contributed by atoms with van der Waals surface area (Å²) in [4.78, 5) is 53.9. The Morgan fingerprint density at radius 3 is 2.51 bits per heavy atom. The third kappa shape index (κ3) is 4.26. The number of anilines is 2. The molecule has 5 amide bonds. The second-order valence-electron chi connectivity index (χ2n) is 9.34. The number of halogens is 1. The fraction of sp³-hybridized carbons (Fsp3) is 0.385. The van der Waals surface area contributed by atoms with Crippen molar-refractivity contribution >= 4 is 35.1 Å². The van der Waals surface area contributed by atoms with Gasteiger partial charge in [0.1, 0.15) is 11.4 Å². The van der Waals surface area contributed by atoms with E-state index in [-0.39, 0.29) is 30.7 Å². The first-order valence-electron chi connectivity index (χ1n) is 12.0. The molecule has 8 nitrogen and oxygen atoms in total. The summed E-state index contributed by atoms with van der Waals surface area (Å²) < 4.78 is 13.2. The fourth-order valence-electron chi connectivity index (χ4n) is 5.34. The van der Waals surface area contributed by atoms with E-state index in [9.17, 15) is 23.6 Å². The van der Waals surface area contributed by atoms with E-state index in [1.165, 1.54) is 29.2 Å². The zero-order valence-electron chi connectivity index (χ0n) is 19.3. The largest absolute Gasteiger partial charge is 0.325 e. The molecule has 2 fully saturated rings. The highest BCUT2D eigenvalue weighted by Crippen LogP contribution is 2.36. The second kappa shape index (κ2) is 9.13. The summed E-state index contributed by atoms with van der Waals surface area (Å²) in [5, 5.41) is 5.72. The molecular formula is C26H27FN4O4. The van der Waals surface area contributed by atoms with Gasteiger partial charge in [-0.15, -0.1) is 0 Å². The van der Waals surface area contributed by atoms with Crippen LogP contribution in [-0.4, -0.2) is 47.3 Å². The van der Waals surface area contributed by atoms with Crippen LogP contribution in [0.25, 0.3) is 0 Å². The first-order valence-corrected chi connectivity index (χ1v) is 12.0. The van der Waals surface area contributed by atoms with E-state index in [4.69, 9.17) is 0 Å². The number of fused-ring (bicyclic) bond motifs is 1. The zero-order valence-corrected chi connectivity index (χ0v) is 19.3. The number of benzene rings is 2. The number of carbonyl (C=O) groups excluding carboxylic acids is 4. The number of nitrogens with one attached hydrogen (secondary N) is 2. The standard InChI is InChI=1S/C26H27FN4O4/c27-18-10-8-17(9-11-18)23(33)28-20-6-3-7-21-19(20)5-4-15-30(21)22(32)12-16-31-24(34)26(29-25(31)35)13-1-2-14-26/h3,6-11H,1-2,4-5,12-16H2,(H,28,33)(H,29,35). The Bertz CT molecular complexity index is 1190. The Labute approximate surface area is 202 Å². The summed E-state index contributed by atoms with van der Waals surface area (Å²) in [6.07, 6.45) is 4.54. The van der Waals surface area contributed by atoms with Crippen molar-refractivity contribution in [1.29, 1.82) is 0 Å². The highest BCUT2D eigenvalue weighted by Gasteiger charge is 2.52. The zero-order chi connectivity index (χ0) is 24.6. The molecule has 0 unspecified atom stereocenters. The molecule has 2 aliphatic heterocycles. The van der Waals surface area contributed by atoms with Gasteiger partial charge < -0.3 is 15.5 Å². The smallest absolute Gasteiger partial charge is 0.323 e. The Morgan fingerprint density at radius 1 is 1.03 bits per heavy atom. The summed E-state index contributed by atoms with van der Waals surface area (Å²) >= 11 is 0. The Morgan fingerprint density at radius 2 is 1.77 bits per heavy atom. The van der Waals surface area contributed by atoms with Crippen LogP contribution in [0.15, 0.2) is 42.5 Å². The predicted molar refractivity (Wildman–Crippen MR) is 128 cm³/mol. The highest BCUT2D eigenvalue weighted by molar-refractivity contribution is 6.08. The van der Waals surface area contributed by atoms with E-state index in [0.717, 1.165) is 18.4 Å². The molecule has 0 atom stereocenters. The molecule has 0 radical (unpaired) electrons. The number of amides is 5. The molecule has 2 aromatic carbocycles. The van der Waals surface area contributed by atoms with Crippen molar-refractivity contribution < 1.29 is 23.6 Å². The maximum Gasteiger partial charge on any atom is 0.325 e. The number of carbonyl (C=O) groups is 4. The van der Waals surface area contributed by atoms with Gasteiger partial charge in [-0.3, -0.25) is 19.3 Å². The van der Waals surface area contributed by atoms with Gasteiger partial charge in [-0.2, -0.15) is 0 Å². The topological polar surface area (TPSA) is 98.8 Å². The van der Waals surface area contributed by atoms with Crippen molar-refractivity contribution in [3.8, 4) is 0 Å². The molecule has 35 heavy (non-hydrogen) atoms. The molecule has 182 valence electrons. The average molecular weight is 479 g/mol. The average Bonchev–Trinajstić information content (AvgIpc) is 3.42. The van der Waals surface area contributed by atoms with Gasteiger partial charge in [0.25, 0.3) is 11.8 Å². The molecule has 9 heteroatoms. The molecule has 1 saturated carbocycles. The fourth-order valence-corrected chi connectivity index (χ4v) is 5.34. The maximum atomic E-state index is 13.2. The van der Waals surface area contributed by atoms with Gasteiger partial charge in [-0.25, -0.2) is 9.18 Å². The molecule has 2 aromatic rings. The number of rotatable bonds is 5. The molecule has 0 bridgehead atoms. The monoisotopic (exact) mass is 478 g/mol. The molecule has 1 saturated heterocycles. The highest BCUT2D eigenvalue weighted by atomic mass is 19.1. The van der Waals surface area contributed by atoms with Gasteiger partial charge in [-0.05, 0) is 67.6 Å². The van der Waals surface area contributed by atoms with Gasteiger partial charge in [0.05, 0.1) is 0 Å². The van der Waals surface area contributed by atoms with Crippen LogP contribution < -0.4 is 15.5 Å². The number of hydrogen-bond donors (Lipinski definition) is 2. The van der Waals surface area contributed by atoms with Gasteiger partial charge in [0, 0.05) is 36.4 Å². The van der Waals surface area contributed by atoms with E-state index >= 15 is 0 Å². The van der Waals surface area contributed by atoms with Gasteiger partial charge >= 0.3 is 6.03 Å². The summed E-state index contributed by atoms with van der Waals surface area (Å²) in [5.41, 5.74) is 1.72. The van der Waals surface area contributed by atoms with Crippen LogP contribution in [0.1, 0.15) is 54.4 Å². The first kappa shape index (κ1) is 23.0. The molecule has 1 spiro atoms. The molecule has 1 aliphatic carbocycles. The van der Waals surface area contributed by atoms with Crippen LogP contribution in [0.5, 0.6) is 0 Å². The van der Waals surface area contributed by atoms with Gasteiger partial charge in [-0.1, -0.05) is 18.9 Å². The van der Waals surface area contributed by atoms with Crippen LogP contribution >= 0.6 is 0 Å². The number of urea groups is 1. The van der Waals surface area contributed by atoms with E-state index in [1.54, 1.807) is 17.0 Å². The summed E-state index contributed by atoms with van der Waals surface area (Å²) in [7, 11) is 0. The summed E-state index contributed by atoms with van der Waals surface area (Å²) in [5.74, 6) is -1.18. The first-order chi connectivity index (χ1) is 16.9. The summed E-state index contributed by atoms with van der Waals surface area (Å²) in [6, 6.07) is 10.3. The van der Waals surface area contributed by atoms with Crippen LogP contribution in [0.3, 0.4) is 0 Å². The lowest BCUT2D eigenvalue weighted by atomic mass is 9.98. The van der Waals surface area contributed by atoms with E-state index in [2.05, 4.69) is 10.6 Å². The minimum atomic E-state index is -0.782. The molecule has 2 N–H and O–H groups in total. The van der Waals surface area contributed by atoms with Crippen molar-refractivity contribution in [2.45, 2.75) is 50.5 Å². The molecule has 5 rings (SSSR count). The van der Waals surface area contributed by atoms with E-state index in [0.29, 0.717) is 49.2 Å². The van der Waals surface area contributed by atoms with Crippen LogP contribution in [0.2, 0.25) is 0 Å². The minimum Gasteiger partial charge on any atom is -0.323 e. The normalized spacial score (nSPS) is 18.5. The van der Waals surface area contributed by atoms with Gasteiger partial charge in [0.15, 0.2) is 0 Å². The SMILES string of the molecule is O=C(Nc1cccc2c1CCCN2C(=O)CCN1C(=O)NC2(CCCC2)C1=O)c1ccc(F)cc1. The molecule has 3 aliphatic rings. The number of hydrogen-bond acceptors (Lipinski definition) is 4. The maximum absolute atomic E-state index is 13.2. The minimum absolute atomic E-state index is 0.0286. The molecule has 0 aromatic heterocycles. The quantitative estimate of drug-likeness (QED) is 0.642. The lowest BCUT2D eigenvalue weighted by molar-refractivity contribution is -0.131. The van der Waals surface area contributed by atoms with Crippen molar-refractivity contribution in [2.75, 3.05) is 23.3 Å². The van der Waals surface area contributed by atoms with Crippen molar-refractivity contribution in [2.24, 2.45) is 0 Å².